The van der Waals surface area contributed by atoms with E-state index >= 15 is 0 Å². The zero-order chi connectivity index (χ0) is 56.2. The van der Waals surface area contributed by atoms with Crippen molar-refractivity contribution < 1.29 is 0 Å². The highest BCUT2D eigenvalue weighted by Crippen LogP contribution is 2.56. The van der Waals surface area contributed by atoms with Crippen molar-refractivity contribution in [2.75, 3.05) is 0 Å². The average Bonchev–Trinajstić information content (AvgIpc) is 1.94. The van der Waals surface area contributed by atoms with E-state index in [9.17, 15) is 0 Å². The van der Waals surface area contributed by atoms with E-state index in [1.807, 2.05) is 0 Å². The molecule has 2 aliphatic carbocycles. The summed E-state index contributed by atoms with van der Waals surface area (Å²) in [5, 5.41) is 20.7. The zero-order valence-corrected chi connectivity index (χ0v) is 47.8. The van der Waals surface area contributed by atoms with Crippen LogP contribution in [0.3, 0.4) is 0 Å². The van der Waals surface area contributed by atoms with E-state index in [1.165, 1.54) is 192 Å². The molecule has 0 fully saturated rings. The van der Waals surface area contributed by atoms with Gasteiger partial charge in [-0.3, -0.25) is 0 Å². The highest BCUT2D eigenvalue weighted by molar-refractivity contribution is 6.29. The molecule has 0 aliphatic heterocycles. The topological polar surface area (TPSA) is 4.93 Å². The van der Waals surface area contributed by atoms with Gasteiger partial charge in [-0.2, -0.15) is 0 Å². The summed E-state index contributed by atoms with van der Waals surface area (Å²) in [7, 11) is 0. The number of hydrogen-bond donors (Lipinski definition) is 0. The number of aromatic nitrogens is 1. The predicted molar refractivity (Wildman–Crippen MR) is 363 cm³/mol. The molecule has 0 bridgehead atoms. The molecule has 1 aromatic heterocycles. The fourth-order valence-corrected chi connectivity index (χ4v) is 16.3. The summed E-state index contributed by atoms with van der Waals surface area (Å²) in [5.41, 5.74) is 24.2. The van der Waals surface area contributed by atoms with E-state index < -0.39 is 0 Å². The fourth-order valence-electron chi connectivity index (χ4n) is 16.3. The third kappa shape index (κ3) is 6.37. The van der Waals surface area contributed by atoms with Crippen LogP contribution in [0.25, 0.3) is 170 Å². The molecular formula is C84H55N. The maximum absolute atomic E-state index is 2.55. The van der Waals surface area contributed by atoms with Gasteiger partial charge in [-0.15, -0.1) is 0 Å². The molecule has 0 spiro atoms. The lowest BCUT2D eigenvalue weighted by Gasteiger charge is -2.24. The SMILES string of the molecule is CC1(C)c2cc(-c3ccc4ccc5cccc6ccc3c4c56)c(-c3ccccc3)cc2-c2cc3ccc(-c4cc5ccc(-c6ccc7c8cc9c(cc8n(-c8ccccc8)c7c6)-c6ccccc6C9(C)C)c6ccc7cccc4c7c56)cc3cc21. The van der Waals surface area contributed by atoms with Crippen LogP contribution in [0.15, 0.2) is 261 Å². The molecular weight excluding hydrogens is 1020 g/mol. The fraction of sp³-hybridized carbons (Fsp3) is 0.0714. The second-order valence-corrected chi connectivity index (χ2v) is 25.5. The summed E-state index contributed by atoms with van der Waals surface area (Å²) < 4.78 is 2.50. The van der Waals surface area contributed by atoms with Gasteiger partial charge >= 0.3 is 0 Å². The van der Waals surface area contributed by atoms with Crippen LogP contribution in [0.5, 0.6) is 0 Å². The van der Waals surface area contributed by atoms with Gasteiger partial charge in [0.2, 0.25) is 0 Å². The largest absolute Gasteiger partial charge is 0.309 e. The number of fused-ring (bicyclic) bond motifs is 10. The first-order valence-electron chi connectivity index (χ1n) is 30.1. The quantitative estimate of drug-likeness (QED) is 0.151. The van der Waals surface area contributed by atoms with E-state index in [4.69, 9.17) is 0 Å². The van der Waals surface area contributed by atoms with Gasteiger partial charge in [0, 0.05) is 27.3 Å². The van der Waals surface area contributed by atoms with Gasteiger partial charge in [0.05, 0.1) is 11.0 Å². The predicted octanol–water partition coefficient (Wildman–Crippen LogP) is 23.0. The number of hydrogen-bond acceptors (Lipinski definition) is 0. The van der Waals surface area contributed by atoms with Gasteiger partial charge in [0.15, 0.2) is 0 Å². The van der Waals surface area contributed by atoms with Crippen LogP contribution in [0.1, 0.15) is 49.9 Å². The molecule has 19 rings (SSSR count). The second kappa shape index (κ2) is 16.7. The maximum atomic E-state index is 2.55. The van der Waals surface area contributed by atoms with Crippen LogP contribution in [0.4, 0.5) is 0 Å². The van der Waals surface area contributed by atoms with Crippen LogP contribution < -0.4 is 0 Å². The molecule has 0 unspecified atom stereocenters. The molecule has 0 radical (unpaired) electrons. The molecule has 1 nitrogen and oxygen atoms in total. The second-order valence-electron chi connectivity index (χ2n) is 25.5. The van der Waals surface area contributed by atoms with Crippen molar-refractivity contribution >= 4 is 97.2 Å². The number of benzene rings is 16. The van der Waals surface area contributed by atoms with Crippen molar-refractivity contribution in [3.63, 3.8) is 0 Å². The molecule has 0 saturated heterocycles. The molecule has 0 N–H and O–H groups in total. The van der Waals surface area contributed by atoms with Gasteiger partial charge < -0.3 is 4.57 Å². The van der Waals surface area contributed by atoms with Crippen LogP contribution in [-0.4, -0.2) is 4.57 Å². The minimum Gasteiger partial charge on any atom is -0.309 e. The Hall–Kier alpha value is -10.3. The first-order valence-corrected chi connectivity index (χ1v) is 30.1. The van der Waals surface area contributed by atoms with E-state index in [0.29, 0.717) is 0 Å². The van der Waals surface area contributed by atoms with Gasteiger partial charge in [0.25, 0.3) is 0 Å². The monoisotopic (exact) mass is 1080 g/mol. The number of rotatable bonds is 5. The summed E-state index contributed by atoms with van der Waals surface area (Å²) >= 11 is 0. The third-order valence-electron chi connectivity index (χ3n) is 20.4. The highest BCUT2D eigenvalue weighted by atomic mass is 15.0. The lowest BCUT2D eigenvalue weighted by molar-refractivity contribution is 0.661. The molecule has 1 heteroatoms. The lowest BCUT2D eigenvalue weighted by atomic mass is 9.79. The molecule has 17 aromatic rings. The minimum atomic E-state index is -0.239. The molecule has 0 amide bonds. The summed E-state index contributed by atoms with van der Waals surface area (Å²) in [4.78, 5) is 0. The van der Waals surface area contributed by atoms with Crippen molar-refractivity contribution in [1.29, 1.82) is 0 Å². The smallest absolute Gasteiger partial charge is 0.0547 e. The summed E-state index contributed by atoms with van der Waals surface area (Å²) in [5.74, 6) is 0. The summed E-state index contributed by atoms with van der Waals surface area (Å²) in [6.45, 7) is 9.63. The van der Waals surface area contributed by atoms with E-state index in [0.717, 1.165) is 0 Å². The first-order chi connectivity index (χ1) is 41.6. The third-order valence-corrected chi connectivity index (χ3v) is 20.4. The normalized spacial score (nSPS) is 14.1. The van der Waals surface area contributed by atoms with Gasteiger partial charge in [-0.05, 0) is 231 Å². The Bertz CT molecular complexity index is 5740. The Morgan fingerprint density at radius 2 is 0.753 bits per heavy atom. The lowest BCUT2D eigenvalue weighted by Crippen LogP contribution is -2.15. The molecule has 396 valence electrons. The van der Waals surface area contributed by atoms with Crippen LogP contribution >= 0.6 is 0 Å². The average molecular weight is 1080 g/mol. The van der Waals surface area contributed by atoms with Crippen LogP contribution in [0.2, 0.25) is 0 Å². The van der Waals surface area contributed by atoms with E-state index in [1.54, 1.807) is 0 Å². The van der Waals surface area contributed by atoms with Crippen molar-refractivity contribution in [3.05, 3.63) is 283 Å². The van der Waals surface area contributed by atoms with Gasteiger partial charge in [-0.1, -0.05) is 222 Å². The summed E-state index contributed by atoms with van der Waals surface area (Å²) in [6, 6.07) is 99.8. The maximum Gasteiger partial charge on any atom is 0.0547 e. The molecule has 0 atom stereocenters. The van der Waals surface area contributed by atoms with E-state index in [-0.39, 0.29) is 10.8 Å². The van der Waals surface area contributed by atoms with Gasteiger partial charge in [0.1, 0.15) is 0 Å². The molecule has 2 aliphatic rings. The van der Waals surface area contributed by atoms with Crippen molar-refractivity contribution in [2.45, 2.75) is 38.5 Å². The number of nitrogens with zero attached hydrogens (tertiary/aromatic N) is 1. The minimum absolute atomic E-state index is 0.0861. The molecule has 1 heterocycles. The Labute approximate surface area is 493 Å². The molecule has 0 saturated carbocycles. The Kier molecular flexibility index (Phi) is 9.26. The van der Waals surface area contributed by atoms with Crippen LogP contribution in [0, 0.1) is 0 Å². The zero-order valence-electron chi connectivity index (χ0n) is 47.8. The standard InChI is InChI=1S/C84H55N/c1-83(2)73-24-12-11-22-61(73)71-47-78-72(46-76(71)83)62-36-32-55(43-77(62)85(78)58-20-9-6-10-21-58)59-34-33-56-41-66(63-23-14-19-51-31-37-64(59)82(56)81(51)63)54-28-27-53-40-69-70-44-67(48-15-7-5-8-16-48)68(45-75(70)84(3,4)74(69)42-57(53)39-54)60-35-29-52-26-25-49-17-13-18-50-30-38-65(60)80(52)79(49)50/h5-47H,1-4H3. The van der Waals surface area contributed by atoms with Crippen molar-refractivity contribution in [1.82, 2.24) is 4.57 Å². The Morgan fingerprint density at radius 3 is 1.58 bits per heavy atom. The molecule has 16 aromatic carbocycles. The Morgan fingerprint density at radius 1 is 0.224 bits per heavy atom. The van der Waals surface area contributed by atoms with Gasteiger partial charge in [-0.25, -0.2) is 0 Å². The first kappa shape index (κ1) is 47.2. The van der Waals surface area contributed by atoms with Crippen molar-refractivity contribution in [2.24, 2.45) is 0 Å². The number of para-hydroxylation sites is 1. The van der Waals surface area contributed by atoms with Crippen LogP contribution in [-0.2, 0) is 10.8 Å². The Balaban J connectivity index is 0.745. The van der Waals surface area contributed by atoms with E-state index in [2.05, 4.69) is 293 Å². The van der Waals surface area contributed by atoms with Crippen molar-refractivity contribution in [3.8, 4) is 72.4 Å². The highest BCUT2D eigenvalue weighted by Gasteiger charge is 2.38. The summed E-state index contributed by atoms with van der Waals surface area (Å²) in [6.07, 6.45) is 0. The molecule has 85 heavy (non-hydrogen) atoms.